The van der Waals surface area contributed by atoms with Gasteiger partial charge < -0.3 is 5.11 Å². The molecule has 2 rings (SSSR count). The topological polar surface area (TPSA) is 74.7 Å². The molecule has 0 fully saturated rings. The van der Waals surface area contributed by atoms with Gasteiger partial charge in [0.1, 0.15) is 0 Å². The number of carboxylic acids is 1. The largest absolute Gasteiger partial charge is 0.511 e. The minimum absolute atomic E-state index is 0.00549. The Morgan fingerprint density at radius 2 is 1.78 bits per heavy atom. The Morgan fingerprint density at radius 1 is 1.17 bits per heavy atom. The van der Waals surface area contributed by atoms with E-state index in [0.29, 0.717) is 10.8 Å². The van der Waals surface area contributed by atoms with Gasteiger partial charge in [-0.05, 0) is 22.4 Å². The van der Waals surface area contributed by atoms with Gasteiger partial charge in [0.2, 0.25) is 0 Å². The van der Waals surface area contributed by atoms with Crippen LogP contribution < -0.4 is 0 Å². The fourth-order valence-electron chi connectivity index (χ4n) is 2.19. The Hall–Kier alpha value is -2.13. The summed E-state index contributed by atoms with van der Waals surface area (Å²) in [5.41, 5.74) is -5.69. The zero-order valence-corrected chi connectivity index (χ0v) is 12.6. The van der Waals surface area contributed by atoms with Crippen molar-refractivity contribution in [1.82, 2.24) is 4.31 Å². The smallest absolute Gasteiger partial charge is 0.478 e. The summed E-state index contributed by atoms with van der Waals surface area (Å²) in [7, 11) is -4.79. The van der Waals surface area contributed by atoms with Gasteiger partial charge in [-0.1, -0.05) is 30.3 Å². The second kappa shape index (κ2) is 5.82. The number of benzene rings is 2. The summed E-state index contributed by atoms with van der Waals surface area (Å²) >= 11 is 0. The highest BCUT2D eigenvalue weighted by Gasteiger charge is 2.48. The van der Waals surface area contributed by atoms with E-state index in [1.165, 1.54) is 18.2 Å². The van der Waals surface area contributed by atoms with E-state index in [0.717, 1.165) is 7.05 Å². The molecule has 0 aliphatic heterocycles. The number of alkyl halides is 3. The van der Waals surface area contributed by atoms with Crippen LogP contribution in [-0.4, -0.2) is 36.4 Å². The van der Waals surface area contributed by atoms with Crippen molar-refractivity contribution >= 4 is 26.8 Å². The number of hydrogen-bond donors (Lipinski definition) is 1. The number of rotatable bonds is 4. The minimum atomic E-state index is -5.55. The van der Waals surface area contributed by atoms with Crippen LogP contribution in [0.2, 0.25) is 0 Å². The SMILES string of the molecule is CN(Cc1c(C(=O)O)ccc2ccccc12)S(=O)(=O)C(F)(F)F. The van der Waals surface area contributed by atoms with E-state index >= 15 is 0 Å². The van der Waals surface area contributed by atoms with Crippen molar-refractivity contribution in [3.05, 3.63) is 47.5 Å². The Labute approximate surface area is 130 Å². The van der Waals surface area contributed by atoms with Gasteiger partial charge in [-0.15, -0.1) is 0 Å². The number of halogens is 3. The standard InChI is InChI=1S/C14H12F3NO4S/c1-18(23(21,22)14(15,16)17)8-12-10-5-3-2-4-9(10)6-7-11(12)13(19)20/h2-7H,8H2,1H3,(H,19,20). The molecule has 0 saturated carbocycles. The van der Waals surface area contributed by atoms with Gasteiger partial charge in [-0.2, -0.15) is 17.5 Å². The number of nitrogens with zero attached hydrogens (tertiary/aromatic N) is 1. The molecule has 5 nitrogen and oxygen atoms in total. The lowest BCUT2D eigenvalue weighted by molar-refractivity contribution is -0.0484. The molecule has 0 radical (unpaired) electrons. The first-order chi connectivity index (χ1) is 10.6. The van der Waals surface area contributed by atoms with Gasteiger partial charge in [0.15, 0.2) is 0 Å². The molecule has 1 N–H and O–H groups in total. The maximum atomic E-state index is 12.6. The quantitative estimate of drug-likeness (QED) is 0.923. The first kappa shape index (κ1) is 17.2. The molecule has 0 amide bonds. The van der Waals surface area contributed by atoms with Crippen LogP contribution in [-0.2, 0) is 16.6 Å². The molecule has 23 heavy (non-hydrogen) atoms. The summed E-state index contributed by atoms with van der Waals surface area (Å²) in [5.74, 6) is -1.34. The molecule has 0 aliphatic carbocycles. The third-order valence-corrected chi connectivity index (χ3v) is 4.89. The van der Waals surface area contributed by atoms with Crippen LogP contribution in [0.15, 0.2) is 36.4 Å². The molecule has 0 spiro atoms. The molecular weight excluding hydrogens is 335 g/mol. The Balaban J connectivity index is 2.59. The van der Waals surface area contributed by atoms with Gasteiger partial charge >= 0.3 is 21.5 Å². The van der Waals surface area contributed by atoms with Gasteiger partial charge in [0.05, 0.1) is 5.56 Å². The molecule has 0 aromatic heterocycles. The highest BCUT2D eigenvalue weighted by Crippen LogP contribution is 2.29. The predicted molar refractivity (Wildman–Crippen MR) is 77.3 cm³/mol. The molecule has 2 aromatic carbocycles. The van der Waals surface area contributed by atoms with Crippen LogP contribution in [0.5, 0.6) is 0 Å². The van der Waals surface area contributed by atoms with E-state index in [4.69, 9.17) is 0 Å². The number of aromatic carboxylic acids is 1. The van der Waals surface area contributed by atoms with E-state index in [1.54, 1.807) is 18.2 Å². The molecular formula is C14H12F3NO4S. The first-order valence-corrected chi connectivity index (χ1v) is 7.76. The third-order valence-electron chi connectivity index (χ3n) is 3.35. The average Bonchev–Trinajstić information content (AvgIpc) is 2.45. The Kier molecular flexibility index (Phi) is 4.36. The van der Waals surface area contributed by atoms with Crippen LogP contribution in [0.4, 0.5) is 13.2 Å². The molecule has 0 aliphatic rings. The molecule has 0 heterocycles. The van der Waals surface area contributed by atoms with Crippen molar-refractivity contribution in [1.29, 1.82) is 0 Å². The zero-order chi connectivity index (χ0) is 17.4. The minimum Gasteiger partial charge on any atom is -0.478 e. The fourth-order valence-corrected chi connectivity index (χ4v) is 2.84. The molecule has 0 bridgehead atoms. The normalized spacial score (nSPS) is 12.7. The number of hydrogen-bond acceptors (Lipinski definition) is 3. The number of carbonyl (C=O) groups is 1. The fraction of sp³-hybridized carbons (Fsp3) is 0.214. The maximum Gasteiger partial charge on any atom is 0.511 e. The summed E-state index contributed by atoms with van der Waals surface area (Å²) < 4.78 is 60.8. The summed E-state index contributed by atoms with van der Waals surface area (Å²) in [6, 6.07) is 9.22. The van der Waals surface area contributed by atoms with Crippen LogP contribution in [0, 0.1) is 0 Å². The Bertz CT molecular complexity index is 862. The van der Waals surface area contributed by atoms with Crippen molar-refractivity contribution in [2.75, 3.05) is 7.05 Å². The lowest BCUT2D eigenvalue weighted by atomic mass is 9.99. The molecule has 0 saturated heterocycles. The van der Waals surface area contributed by atoms with Crippen molar-refractivity contribution in [3.8, 4) is 0 Å². The summed E-state index contributed by atoms with van der Waals surface area (Å²) in [4.78, 5) is 11.3. The van der Waals surface area contributed by atoms with Crippen molar-refractivity contribution in [2.45, 2.75) is 12.1 Å². The van der Waals surface area contributed by atoms with Gasteiger partial charge in [0, 0.05) is 13.6 Å². The van der Waals surface area contributed by atoms with Crippen LogP contribution >= 0.6 is 0 Å². The third kappa shape index (κ3) is 3.15. The van der Waals surface area contributed by atoms with Crippen LogP contribution in [0.25, 0.3) is 10.8 Å². The first-order valence-electron chi connectivity index (χ1n) is 6.32. The summed E-state index contributed by atoms with van der Waals surface area (Å²) in [6.07, 6.45) is 0. The summed E-state index contributed by atoms with van der Waals surface area (Å²) in [5, 5.41) is 10.2. The van der Waals surface area contributed by atoms with Gasteiger partial charge in [0.25, 0.3) is 0 Å². The lowest BCUT2D eigenvalue weighted by Gasteiger charge is -2.20. The number of sulfonamides is 1. The van der Waals surface area contributed by atoms with E-state index in [9.17, 15) is 31.5 Å². The van der Waals surface area contributed by atoms with E-state index in [2.05, 4.69) is 0 Å². The van der Waals surface area contributed by atoms with Crippen LogP contribution in [0.1, 0.15) is 15.9 Å². The van der Waals surface area contributed by atoms with E-state index in [1.807, 2.05) is 0 Å². The van der Waals surface area contributed by atoms with Crippen molar-refractivity contribution < 1.29 is 31.5 Å². The average molecular weight is 347 g/mol. The van der Waals surface area contributed by atoms with Gasteiger partial charge in [-0.25, -0.2) is 13.2 Å². The molecule has 9 heteroatoms. The van der Waals surface area contributed by atoms with Gasteiger partial charge in [-0.3, -0.25) is 0 Å². The number of carboxylic acid groups (broad SMARTS) is 1. The molecule has 0 unspecified atom stereocenters. The monoisotopic (exact) mass is 347 g/mol. The van der Waals surface area contributed by atoms with Crippen LogP contribution in [0.3, 0.4) is 0 Å². The second-order valence-corrected chi connectivity index (χ2v) is 6.86. The lowest BCUT2D eigenvalue weighted by Crippen LogP contribution is -2.38. The summed E-state index contributed by atoms with van der Waals surface area (Å²) in [6.45, 7) is -0.704. The highest BCUT2D eigenvalue weighted by atomic mass is 32.2. The Morgan fingerprint density at radius 3 is 2.35 bits per heavy atom. The second-order valence-electron chi connectivity index (χ2n) is 4.82. The van der Waals surface area contributed by atoms with Crippen molar-refractivity contribution in [2.24, 2.45) is 0 Å². The van der Waals surface area contributed by atoms with E-state index < -0.39 is 28.0 Å². The predicted octanol–water partition coefficient (Wildman–Crippen LogP) is 2.82. The molecule has 124 valence electrons. The van der Waals surface area contributed by atoms with E-state index in [-0.39, 0.29) is 15.4 Å². The zero-order valence-electron chi connectivity index (χ0n) is 11.8. The molecule has 0 atom stereocenters. The molecule has 2 aromatic rings. The number of fused-ring (bicyclic) bond motifs is 1. The highest BCUT2D eigenvalue weighted by molar-refractivity contribution is 7.89. The maximum absolute atomic E-state index is 12.6. The van der Waals surface area contributed by atoms with Crippen molar-refractivity contribution in [3.63, 3.8) is 0 Å².